The van der Waals surface area contributed by atoms with Gasteiger partial charge in [0.25, 0.3) is 5.91 Å². The summed E-state index contributed by atoms with van der Waals surface area (Å²) >= 11 is 3.28. The van der Waals surface area contributed by atoms with E-state index in [9.17, 15) is 14.4 Å². The van der Waals surface area contributed by atoms with E-state index in [1.165, 1.54) is 10.9 Å². The lowest BCUT2D eigenvalue weighted by atomic mass is 10.1. The Labute approximate surface area is 184 Å². The second-order valence-electron chi connectivity index (χ2n) is 7.71. The summed E-state index contributed by atoms with van der Waals surface area (Å²) in [6.45, 7) is -0.101. The zero-order valence-corrected chi connectivity index (χ0v) is 17.8. The molecule has 3 atom stereocenters. The van der Waals surface area contributed by atoms with E-state index in [2.05, 4.69) is 36.3 Å². The van der Waals surface area contributed by atoms with Crippen LogP contribution < -0.4 is 11.1 Å². The molecule has 0 spiro atoms. The number of pyridine rings is 2. The van der Waals surface area contributed by atoms with Crippen molar-refractivity contribution in [3.63, 3.8) is 0 Å². The number of nitrogens with one attached hydrogen (secondary N) is 1. The third-order valence-electron chi connectivity index (χ3n) is 5.73. The SMILES string of the molecule is NC(=O)c1nn(CC(=O)N2[C@@H]3CC3C[C@H]2C(=O)Nc2cccc(Br)n2)c2ccncc12. The average Bonchev–Trinajstić information content (AvgIpc) is 3.24. The van der Waals surface area contributed by atoms with Crippen LogP contribution in [0.2, 0.25) is 0 Å². The zero-order chi connectivity index (χ0) is 21.7. The maximum atomic E-state index is 13.2. The van der Waals surface area contributed by atoms with E-state index < -0.39 is 11.9 Å². The Kier molecular flexibility index (Phi) is 4.69. The smallest absolute Gasteiger partial charge is 0.269 e. The van der Waals surface area contributed by atoms with Crippen molar-refractivity contribution < 1.29 is 14.4 Å². The number of rotatable bonds is 5. The van der Waals surface area contributed by atoms with Crippen LogP contribution >= 0.6 is 15.9 Å². The van der Waals surface area contributed by atoms with Crippen molar-refractivity contribution in [3.05, 3.63) is 47.0 Å². The molecule has 3 N–H and O–H groups in total. The van der Waals surface area contributed by atoms with Gasteiger partial charge in [-0.2, -0.15) is 5.10 Å². The molecule has 11 heteroatoms. The Morgan fingerprint density at radius 1 is 1.23 bits per heavy atom. The predicted octanol–water partition coefficient (Wildman–Crippen LogP) is 1.32. The van der Waals surface area contributed by atoms with Crippen LogP contribution in [0.15, 0.2) is 41.3 Å². The fourth-order valence-electron chi connectivity index (χ4n) is 4.27. The Bertz CT molecular complexity index is 1230. The number of hydrogen-bond acceptors (Lipinski definition) is 6. The first-order valence-corrected chi connectivity index (χ1v) is 10.6. The molecule has 1 unspecified atom stereocenters. The van der Waals surface area contributed by atoms with Gasteiger partial charge in [-0.3, -0.25) is 24.0 Å². The number of piperidine rings is 1. The van der Waals surface area contributed by atoms with Gasteiger partial charge in [0.1, 0.15) is 23.0 Å². The van der Waals surface area contributed by atoms with Gasteiger partial charge in [0.15, 0.2) is 5.69 Å². The fourth-order valence-corrected chi connectivity index (χ4v) is 4.62. The average molecular weight is 484 g/mol. The molecule has 2 fully saturated rings. The molecule has 158 valence electrons. The van der Waals surface area contributed by atoms with Crippen LogP contribution in [0, 0.1) is 5.92 Å². The minimum atomic E-state index is -0.689. The number of nitrogens with zero attached hydrogens (tertiary/aromatic N) is 5. The molecule has 0 aromatic carbocycles. The lowest BCUT2D eigenvalue weighted by molar-refractivity contribution is -0.138. The maximum absolute atomic E-state index is 13.2. The highest BCUT2D eigenvalue weighted by Crippen LogP contribution is 2.48. The molecule has 1 aliphatic carbocycles. The molecular formula is C20H18BrN7O3. The topological polar surface area (TPSA) is 136 Å². The lowest BCUT2D eigenvalue weighted by Gasteiger charge is -2.26. The first-order chi connectivity index (χ1) is 14.9. The molecule has 2 aliphatic rings. The van der Waals surface area contributed by atoms with Crippen LogP contribution in [0.5, 0.6) is 0 Å². The number of carbonyl (C=O) groups excluding carboxylic acids is 3. The van der Waals surface area contributed by atoms with Crippen molar-refractivity contribution in [1.82, 2.24) is 24.6 Å². The molecular weight excluding hydrogens is 466 g/mol. The summed E-state index contributed by atoms with van der Waals surface area (Å²) in [5.41, 5.74) is 6.07. The lowest BCUT2D eigenvalue weighted by Crippen LogP contribution is -2.46. The summed E-state index contributed by atoms with van der Waals surface area (Å²) in [6, 6.07) is 6.39. The van der Waals surface area contributed by atoms with E-state index in [0.29, 0.717) is 33.7 Å². The van der Waals surface area contributed by atoms with Gasteiger partial charge >= 0.3 is 0 Å². The maximum Gasteiger partial charge on any atom is 0.269 e. The number of fused-ring (bicyclic) bond motifs is 2. The van der Waals surface area contributed by atoms with Gasteiger partial charge in [0.2, 0.25) is 11.8 Å². The molecule has 0 bridgehead atoms. The highest BCUT2D eigenvalue weighted by Gasteiger charge is 2.56. The second kappa shape index (κ2) is 7.41. The van der Waals surface area contributed by atoms with Gasteiger partial charge in [0.05, 0.1) is 10.9 Å². The standard InChI is InChI=1S/C20H18BrN7O3/c21-15-2-1-3-16(24-15)25-20(31)14-7-10-6-13(10)28(14)17(29)9-27-12-4-5-23-8-11(12)18(26-27)19(22)30/h1-5,8,10,13-14H,6-7,9H2,(H2,22,30)(H,24,25,31)/t10?,13-,14+/m1/s1. The summed E-state index contributed by atoms with van der Waals surface area (Å²) in [5.74, 6) is -0.437. The van der Waals surface area contributed by atoms with Crippen molar-refractivity contribution in [2.45, 2.75) is 31.5 Å². The van der Waals surface area contributed by atoms with E-state index in [-0.39, 0.29) is 30.1 Å². The minimum absolute atomic E-state index is 0.0535. The van der Waals surface area contributed by atoms with Crippen LogP contribution in [-0.2, 0) is 16.1 Å². The van der Waals surface area contributed by atoms with Crippen LogP contribution in [0.25, 0.3) is 10.9 Å². The number of hydrogen-bond donors (Lipinski definition) is 2. The number of nitrogens with two attached hydrogens (primary N) is 1. The normalized spacial score (nSPS) is 21.7. The Balaban J connectivity index is 1.38. The summed E-state index contributed by atoms with van der Waals surface area (Å²) in [5, 5.41) is 7.51. The molecule has 3 aromatic heterocycles. The second-order valence-corrected chi connectivity index (χ2v) is 8.53. The number of aromatic nitrogens is 4. The summed E-state index contributed by atoms with van der Waals surface area (Å²) in [4.78, 5) is 47.7. The highest BCUT2D eigenvalue weighted by molar-refractivity contribution is 9.10. The Morgan fingerprint density at radius 2 is 2.06 bits per heavy atom. The minimum Gasteiger partial charge on any atom is -0.364 e. The van der Waals surface area contributed by atoms with Gasteiger partial charge in [0, 0.05) is 18.4 Å². The first-order valence-electron chi connectivity index (χ1n) is 9.77. The van der Waals surface area contributed by atoms with E-state index >= 15 is 0 Å². The molecule has 1 saturated heterocycles. The molecule has 5 rings (SSSR count). The molecule has 1 aliphatic heterocycles. The molecule has 1 saturated carbocycles. The number of carbonyl (C=O) groups is 3. The van der Waals surface area contributed by atoms with Gasteiger partial charge in [-0.05, 0) is 52.9 Å². The summed E-state index contributed by atoms with van der Waals surface area (Å²) in [7, 11) is 0. The predicted molar refractivity (Wildman–Crippen MR) is 114 cm³/mol. The molecule has 10 nitrogen and oxygen atoms in total. The number of primary amides is 1. The number of likely N-dealkylation sites (tertiary alicyclic amines) is 1. The van der Waals surface area contributed by atoms with Gasteiger partial charge in [-0.1, -0.05) is 6.07 Å². The molecule has 3 aromatic rings. The van der Waals surface area contributed by atoms with Crippen molar-refractivity contribution in [2.75, 3.05) is 5.32 Å². The van der Waals surface area contributed by atoms with Gasteiger partial charge < -0.3 is 16.0 Å². The molecule has 0 radical (unpaired) electrons. The molecule has 3 amide bonds. The summed E-state index contributed by atoms with van der Waals surface area (Å²) < 4.78 is 2.05. The Morgan fingerprint density at radius 3 is 2.84 bits per heavy atom. The Hall–Kier alpha value is -3.34. The number of amides is 3. The van der Waals surface area contributed by atoms with Crippen LogP contribution in [0.4, 0.5) is 5.82 Å². The van der Waals surface area contributed by atoms with E-state index in [4.69, 9.17) is 5.73 Å². The number of halogens is 1. The van der Waals surface area contributed by atoms with Crippen molar-refractivity contribution in [3.8, 4) is 0 Å². The van der Waals surface area contributed by atoms with Gasteiger partial charge in [-0.15, -0.1) is 0 Å². The monoisotopic (exact) mass is 483 g/mol. The quantitative estimate of drug-likeness (QED) is 0.525. The van der Waals surface area contributed by atoms with Crippen LogP contribution in [-0.4, -0.2) is 54.5 Å². The van der Waals surface area contributed by atoms with Gasteiger partial charge in [-0.25, -0.2) is 4.98 Å². The molecule has 4 heterocycles. The van der Waals surface area contributed by atoms with E-state index in [1.807, 2.05) is 0 Å². The number of anilines is 1. The van der Waals surface area contributed by atoms with Crippen LogP contribution in [0.1, 0.15) is 23.3 Å². The van der Waals surface area contributed by atoms with Crippen LogP contribution in [0.3, 0.4) is 0 Å². The van der Waals surface area contributed by atoms with Crippen molar-refractivity contribution in [1.29, 1.82) is 0 Å². The largest absolute Gasteiger partial charge is 0.364 e. The third-order valence-corrected chi connectivity index (χ3v) is 6.17. The van der Waals surface area contributed by atoms with Crippen molar-refractivity contribution in [2.24, 2.45) is 11.7 Å². The van der Waals surface area contributed by atoms with E-state index in [0.717, 1.165) is 6.42 Å². The first kappa shape index (κ1) is 19.6. The fraction of sp³-hybridized carbons (Fsp3) is 0.300. The van der Waals surface area contributed by atoms with Crippen molar-refractivity contribution >= 4 is 50.4 Å². The zero-order valence-electron chi connectivity index (χ0n) is 16.2. The third kappa shape index (κ3) is 3.54. The highest BCUT2D eigenvalue weighted by atomic mass is 79.9. The summed E-state index contributed by atoms with van der Waals surface area (Å²) in [6.07, 6.45) is 4.56. The molecule has 31 heavy (non-hydrogen) atoms. The van der Waals surface area contributed by atoms with E-state index in [1.54, 1.807) is 35.4 Å².